The van der Waals surface area contributed by atoms with Crippen molar-refractivity contribution in [2.24, 2.45) is 11.8 Å². The monoisotopic (exact) mass is 224 g/mol. The van der Waals surface area contributed by atoms with Gasteiger partial charge in [0.25, 0.3) is 0 Å². The van der Waals surface area contributed by atoms with Gasteiger partial charge in [0, 0.05) is 31.2 Å². The van der Waals surface area contributed by atoms with E-state index in [1.165, 1.54) is 32.6 Å². The Morgan fingerprint density at radius 1 is 1.06 bits per heavy atom. The SMILES string of the molecule is CC(C)C1CCN(C2CN(C(C)(C)C)C2)C1. The molecule has 2 rings (SSSR count). The molecule has 0 radical (unpaired) electrons. The van der Waals surface area contributed by atoms with Crippen molar-refractivity contribution < 1.29 is 0 Å². The Labute approximate surface area is 101 Å². The van der Waals surface area contributed by atoms with E-state index < -0.39 is 0 Å². The van der Waals surface area contributed by atoms with Crippen molar-refractivity contribution in [1.29, 1.82) is 0 Å². The molecule has 0 spiro atoms. The van der Waals surface area contributed by atoms with Crippen LogP contribution in [-0.4, -0.2) is 47.6 Å². The van der Waals surface area contributed by atoms with Gasteiger partial charge in [-0.3, -0.25) is 9.80 Å². The van der Waals surface area contributed by atoms with Crippen molar-refractivity contribution in [2.45, 2.75) is 52.6 Å². The molecule has 1 unspecified atom stereocenters. The van der Waals surface area contributed by atoms with Crippen LogP contribution in [0.25, 0.3) is 0 Å². The molecule has 0 aromatic carbocycles. The van der Waals surface area contributed by atoms with Gasteiger partial charge in [-0.1, -0.05) is 13.8 Å². The zero-order valence-electron chi connectivity index (χ0n) is 11.7. The van der Waals surface area contributed by atoms with Gasteiger partial charge in [0.15, 0.2) is 0 Å². The Hall–Kier alpha value is -0.0800. The van der Waals surface area contributed by atoms with Crippen LogP contribution in [0.2, 0.25) is 0 Å². The molecule has 0 aromatic heterocycles. The summed E-state index contributed by atoms with van der Waals surface area (Å²) in [5.41, 5.74) is 0.369. The van der Waals surface area contributed by atoms with Crippen molar-refractivity contribution in [2.75, 3.05) is 26.2 Å². The van der Waals surface area contributed by atoms with Gasteiger partial charge in [-0.25, -0.2) is 0 Å². The van der Waals surface area contributed by atoms with Crippen LogP contribution < -0.4 is 0 Å². The Balaban J connectivity index is 1.77. The Bertz CT molecular complexity index is 236. The molecule has 0 amide bonds. The third-order valence-corrected chi connectivity index (χ3v) is 4.53. The summed E-state index contributed by atoms with van der Waals surface area (Å²) < 4.78 is 0. The van der Waals surface area contributed by atoms with Gasteiger partial charge in [-0.05, 0) is 45.6 Å². The first-order valence-electron chi connectivity index (χ1n) is 6.87. The second-order valence-electron chi connectivity index (χ2n) is 7.02. The summed E-state index contributed by atoms with van der Waals surface area (Å²) in [6.45, 7) is 17.0. The van der Waals surface area contributed by atoms with Gasteiger partial charge in [0.05, 0.1) is 0 Å². The molecule has 2 nitrogen and oxygen atoms in total. The highest BCUT2D eigenvalue weighted by Gasteiger charge is 2.40. The van der Waals surface area contributed by atoms with E-state index in [1.807, 2.05) is 0 Å². The zero-order chi connectivity index (χ0) is 11.9. The highest BCUT2D eigenvalue weighted by atomic mass is 15.3. The number of rotatable bonds is 2. The van der Waals surface area contributed by atoms with Gasteiger partial charge < -0.3 is 0 Å². The number of hydrogen-bond donors (Lipinski definition) is 0. The average molecular weight is 224 g/mol. The fraction of sp³-hybridized carbons (Fsp3) is 1.00. The summed E-state index contributed by atoms with van der Waals surface area (Å²) in [5, 5.41) is 0. The molecule has 1 atom stereocenters. The molecular weight excluding hydrogens is 196 g/mol. The lowest BCUT2D eigenvalue weighted by Gasteiger charge is -2.50. The van der Waals surface area contributed by atoms with Crippen LogP contribution in [0.5, 0.6) is 0 Å². The standard InChI is InChI=1S/C14H28N2/c1-11(2)12-6-7-15(8-12)13-9-16(10-13)14(3,4)5/h11-13H,6-10H2,1-5H3. The molecule has 2 fully saturated rings. The average Bonchev–Trinajstić information content (AvgIpc) is 2.46. The lowest BCUT2D eigenvalue weighted by Crippen LogP contribution is -2.64. The quantitative estimate of drug-likeness (QED) is 0.711. The molecule has 94 valence electrons. The normalized spacial score (nSPS) is 30.0. The first-order chi connectivity index (χ1) is 7.38. The molecule has 2 heterocycles. The molecule has 2 aliphatic rings. The molecule has 0 N–H and O–H groups in total. The van der Waals surface area contributed by atoms with Crippen LogP contribution in [0.3, 0.4) is 0 Å². The van der Waals surface area contributed by atoms with E-state index in [1.54, 1.807) is 0 Å². The van der Waals surface area contributed by atoms with Crippen LogP contribution in [0.15, 0.2) is 0 Å². The van der Waals surface area contributed by atoms with Crippen molar-refractivity contribution in [3.63, 3.8) is 0 Å². The third-order valence-electron chi connectivity index (χ3n) is 4.53. The first kappa shape index (κ1) is 12.4. The molecule has 2 heteroatoms. The van der Waals surface area contributed by atoms with Gasteiger partial charge in [-0.15, -0.1) is 0 Å². The van der Waals surface area contributed by atoms with E-state index in [0.717, 1.165) is 17.9 Å². The maximum Gasteiger partial charge on any atom is 0.0350 e. The van der Waals surface area contributed by atoms with Crippen molar-refractivity contribution in [3.05, 3.63) is 0 Å². The Morgan fingerprint density at radius 2 is 1.69 bits per heavy atom. The van der Waals surface area contributed by atoms with Crippen LogP contribution >= 0.6 is 0 Å². The Morgan fingerprint density at radius 3 is 2.12 bits per heavy atom. The molecule has 0 bridgehead atoms. The van der Waals surface area contributed by atoms with Crippen LogP contribution in [0, 0.1) is 11.8 Å². The second kappa shape index (κ2) is 4.30. The zero-order valence-corrected chi connectivity index (χ0v) is 11.7. The van der Waals surface area contributed by atoms with Crippen LogP contribution in [0.4, 0.5) is 0 Å². The van der Waals surface area contributed by atoms with E-state index >= 15 is 0 Å². The minimum absolute atomic E-state index is 0.369. The van der Waals surface area contributed by atoms with E-state index in [9.17, 15) is 0 Å². The minimum Gasteiger partial charge on any atom is -0.298 e. The van der Waals surface area contributed by atoms with Crippen molar-refractivity contribution in [3.8, 4) is 0 Å². The first-order valence-corrected chi connectivity index (χ1v) is 6.87. The highest BCUT2D eigenvalue weighted by Crippen LogP contribution is 2.30. The van der Waals surface area contributed by atoms with Gasteiger partial charge in [-0.2, -0.15) is 0 Å². The molecule has 2 saturated heterocycles. The highest BCUT2D eigenvalue weighted by molar-refractivity contribution is 4.96. The largest absolute Gasteiger partial charge is 0.298 e. The summed E-state index contributed by atoms with van der Waals surface area (Å²) in [7, 11) is 0. The lowest BCUT2D eigenvalue weighted by atomic mass is 9.95. The minimum atomic E-state index is 0.369. The molecule has 0 aromatic rings. The number of likely N-dealkylation sites (tertiary alicyclic amines) is 2. The topological polar surface area (TPSA) is 6.48 Å². The van der Waals surface area contributed by atoms with Crippen LogP contribution in [0.1, 0.15) is 41.0 Å². The summed E-state index contributed by atoms with van der Waals surface area (Å²) in [4.78, 5) is 5.33. The van der Waals surface area contributed by atoms with E-state index in [2.05, 4.69) is 44.4 Å². The summed E-state index contributed by atoms with van der Waals surface area (Å²) in [6.07, 6.45) is 1.42. The third kappa shape index (κ3) is 2.43. The molecule has 0 saturated carbocycles. The van der Waals surface area contributed by atoms with Gasteiger partial charge >= 0.3 is 0 Å². The predicted molar refractivity (Wildman–Crippen MR) is 69.6 cm³/mol. The summed E-state index contributed by atoms with van der Waals surface area (Å²) >= 11 is 0. The number of hydrogen-bond acceptors (Lipinski definition) is 2. The molecule has 0 aliphatic carbocycles. The summed E-state index contributed by atoms with van der Waals surface area (Å²) in [6, 6.07) is 0.850. The smallest absolute Gasteiger partial charge is 0.0350 e. The van der Waals surface area contributed by atoms with E-state index in [0.29, 0.717) is 5.54 Å². The lowest BCUT2D eigenvalue weighted by molar-refractivity contribution is -0.0154. The maximum atomic E-state index is 2.73. The number of nitrogens with zero attached hydrogens (tertiary/aromatic N) is 2. The maximum absolute atomic E-state index is 2.73. The van der Waals surface area contributed by atoms with E-state index in [-0.39, 0.29) is 0 Å². The van der Waals surface area contributed by atoms with Crippen LogP contribution in [-0.2, 0) is 0 Å². The van der Waals surface area contributed by atoms with Crippen molar-refractivity contribution in [1.82, 2.24) is 9.80 Å². The molecule has 16 heavy (non-hydrogen) atoms. The van der Waals surface area contributed by atoms with Crippen molar-refractivity contribution >= 4 is 0 Å². The molecular formula is C14H28N2. The van der Waals surface area contributed by atoms with Gasteiger partial charge in [0.1, 0.15) is 0 Å². The van der Waals surface area contributed by atoms with E-state index in [4.69, 9.17) is 0 Å². The fourth-order valence-electron chi connectivity index (χ4n) is 2.93. The van der Waals surface area contributed by atoms with Gasteiger partial charge in [0.2, 0.25) is 0 Å². The Kier molecular flexibility index (Phi) is 3.33. The predicted octanol–water partition coefficient (Wildman–Crippen LogP) is 2.45. The molecule has 2 aliphatic heterocycles. The second-order valence-corrected chi connectivity index (χ2v) is 7.02. The summed E-state index contributed by atoms with van der Waals surface area (Å²) in [5.74, 6) is 1.81. The fourth-order valence-corrected chi connectivity index (χ4v) is 2.93.